The fourth-order valence-corrected chi connectivity index (χ4v) is 4.30. The van der Waals surface area contributed by atoms with E-state index in [9.17, 15) is 9.59 Å². The van der Waals surface area contributed by atoms with E-state index < -0.39 is 5.97 Å². The average molecular weight is 460 g/mol. The van der Waals surface area contributed by atoms with Crippen LogP contribution in [0.3, 0.4) is 0 Å². The number of rotatable bonds is 9. The Labute approximate surface area is 197 Å². The van der Waals surface area contributed by atoms with E-state index in [1.54, 1.807) is 35.6 Å². The first kappa shape index (κ1) is 22.6. The van der Waals surface area contributed by atoms with Crippen LogP contribution in [-0.4, -0.2) is 22.9 Å². The van der Waals surface area contributed by atoms with Crippen LogP contribution in [-0.2, 0) is 17.9 Å². The van der Waals surface area contributed by atoms with Gasteiger partial charge in [-0.3, -0.25) is 4.79 Å². The van der Waals surface area contributed by atoms with Crippen molar-refractivity contribution in [1.29, 1.82) is 0 Å². The summed E-state index contributed by atoms with van der Waals surface area (Å²) in [4.78, 5) is 26.4. The lowest BCUT2D eigenvalue weighted by Crippen LogP contribution is -2.15. The van der Waals surface area contributed by atoms with E-state index in [4.69, 9.17) is 9.47 Å². The highest BCUT2D eigenvalue weighted by molar-refractivity contribution is 7.09. The molecule has 0 amide bonds. The molecule has 0 radical (unpaired) electrons. The summed E-state index contributed by atoms with van der Waals surface area (Å²) in [5.74, 6) is -0.0910. The minimum atomic E-state index is -0.537. The third-order valence-electron chi connectivity index (χ3n) is 5.44. The minimum absolute atomic E-state index is 0.211. The Morgan fingerprint density at radius 3 is 2.39 bits per heavy atom. The number of ether oxygens (including phenoxy) is 2. The van der Waals surface area contributed by atoms with Gasteiger partial charge in [0, 0.05) is 21.8 Å². The van der Waals surface area contributed by atoms with Crippen molar-refractivity contribution >= 4 is 23.1 Å². The largest absolute Gasteiger partial charge is 0.489 e. The Bertz CT molecular complexity index is 1230. The summed E-state index contributed by atoms with van der Waals surface area (Å²) < 4.78 is 13.1. The molecule has 0 bridgehead atoms. The first-order valence-electron chi connectivity index (χ1n) is 10.7. The van der Waals surface area contributed by atoms with E-state index in [1.165, 1.54) is 4.88 Å². The van der Waals surface area contributed by atoms with Crippen LogP contribution in [0.25, 0.3) is 0 Å². The molecule has 0 N–H and O–H groups in total. The number of hydrogen-bond acceptors (Lipinski definition) is 5. The molecular formula is C27H25NO4S. The summed E-state index contributed by atoms with van der Waals surface area (Å²) in [6, 6.07) is 22.5. The summed E-state index contributed by atoms with van der Waals surface area (Å²) >= 11 is 1.68. The van der Waals surface area contributed by atoms with Crippen LogP contribution in [0.2, 0.25) is 0 Å². The Morgan fingerprint density at radius 2 is 1.70 bits per heavy atom. The Hall–Kier alpha value is -3.64. The van der Waals surface area contributed by atoms with Gasteiger partial charge in [-0.1, -0.05) is 36.4 Å². The molecule has 0 saturated carbocycles. The minimum Gasteiger partial charge on any atom is -0.489 e. The number of benzene rings is 2. The van der Waals surface area contributed by atoms with Gasteiger partial charge in [0.25, 0.3) is 0 Å². The summed E-state index contributed by atoms with van der Waals surface area (Å²) in [6.07, 6.45) is 0. The van der Waals surface area contributed by atoms with Gasteiger partial charge in [0.15, 0.2) is 6.61 Å². The van der Waals surface area contributed by atoms with Crippen molar-refractivity contribution in [3.8, 4) is 5.75 Å². The zero-order chi connectivity index (χ0) is 23.2. The van der Waals surface area contributed by atoms with Crippen molar-refractivity contribution in [3.63, 3.8) is 0 Å². The number of hydrogen-bond donors (Lipinski definition) is 0. The number of esters is 1. The molecule has 6 heteroatoms. The topological polar surface area (TPSA) is 57.5 Å². The Balaban J connectivity index is 1.32. The molecule has 0 atom stereocenters. The maximum Gasteiger partial charge on any atom is 0.338 e. The van der Waals surface area contributed by atoms with Gasteiger partial charge in [-0.15, -0.1) is 11.3 Å². The van der Waals surface area contributed by atoms with Gasteiger partial charge < -0.3 is 14.0 Å². The lowest BCUT2D eigenvalue weighted by molar-refractivity contribution is 0.0474. The zero-order valence-corrected chi connectivity index (χ0v) is 19.4. The van der Waals surface area contributed by atoms with Crippen LogP contribution < -0.4 is 4.74 Å². The van der Waals surface area contributed by atoms with Crippen molar-refractivity contribution in [1.82, 2.24) is 4.57 Å². The van der Waals surface area contributed by atoms with E-state index in [2.05, 4.69) is 10.6 Å². The summed E-state index contributed by atoms with van der Waals surface area (Å²) in [6.45, 7) is 4.77. The lowest BCUT2D eigenvalue weighted by Gasteiger charge is -2.09. The highest BCUT2D eigenvalue weighted by Crippen LogP contribution is 2.20. The van der Waals surface area contributed by atoms with E-state index in [0.29, 0.717) is 23.5 Å². The summed E-state index contributed by atoms with van der Waals surface area (Å²) in [5.41, 5.74) is 3.90. The van der Waals surface area contributed by atoms with Crippen molar-refractivity contribution < 1.29 is 19.1 Å². The number of aryl methyl sites for hydroxylation is 1. The van der Waals surface area contributed by atoms with Crippen molar-refractivity contribution in [2.45, 2.75) is 27.0 Å². The second-order valence-corrected chi connectivity index (χ2v) is 8.78. The number of ketones is 1. The smallest absolute Gasteiger partial charge is 0.338 e. The molecule has 2 aromatic heterocycles. The standard InChI is InChI=1S/C27H25NO4S/c1-19-15-25(20(2)28(19)16-24-9-6-14-33-24)26(29)18-32-27(30)22-10-12-23(13-11-22)31-17-21-7-4-3-5-8-21/h3-15H,16-18H2,1-2H3. The summed E-state index contributed by atoms with van der Waals surface area (Å²) in [7, 11) is 0. The Kier molecular flexibility index (Phi) is 7.05. The maximum absolute atomic E-state index is 12.7. The molecule has 4 aromatic rings. The second-order valence-electron chi connectivity index (χ2n) is 7.75. The number of aromatic nitrogens is 1. The normalized spacial score (nSPS) is 10.7. The molecule has 0 aliphatic rings. The van der Waals surface area contributed by atoms with Crippen LogP contribution in [0.1, 0.15) is 42.5 Å². The molecular weight excluding hydrogens is 434 g/mol. The summed E-state index contributed by atoms with van der Waals surface area (Å²) in [5, 5.41) is 2.04. The number of carbonyl (C=O) groups excluding carboxylic acids is 2. The van der Waals surface area contributed by atoms with Crippen molar-refractivity contribution in [2.75, 3.05) is 6.61 Å². The molecule has 5 nitrogen and oxygen atoms in total. The van der Waals surface area contributed by atoms with Gasteiger partial charge in [0.05, 0.1) is 12.1 Å². The molecule has 33 heavy (non-hydrogen) atoms. The van der Waals surface area contributed by atoms with E-state index in [0.717, 1.165) is 23.5 Å². The molecule has 0 spiro atoms. The first-order valence-corrected chi connectivity index (χ1v) is 11.6. The molecule has 0 fully saturated rings. The molecule has 0 unspecified atom stereocenters. The maximum atomic E-state index is 12.7. The van der Waals surface area contributed by atoms with Gasteiger partial charge in [0.2, 0.25) is 5.78 Å². The molecule has 168 valence electrons. The van der Waals surface area contributed by atoms with Gasteiger partial charge in [0.1, 0.15) is 12.4 Å². The van der Waals surface area contributed by atoms with Crippen LogP contribution in [0.4, 0.5) is 0 Å². The third-order valence-corrected chi connectivity index (χ3v) is 6.30. The van der Waals surface area contributed by atoms with E-state index >= 15 is 0 Å². The lowest BCUT2D eigenvalue weighted by atomic mass is 10.1. The predicted molar refractivity (Wildman–Crippen MR) is 129 cm³/mol. The molecule has 0 aliphatic carbocycles. The van der Waals surface area contributed by atoms with Gasteiger partial charge >= 0.3 is 5.97 Å². The zero-order valence-electron chi connectivity index (χ0n) is 18.6. The second kappa shape index (κ2) is 10.3. The molecule has 0 aliphatic heterocycles. The number of carbonyl (C=O) groups is 2. The monoisotopic (exact) mass is 459 g/mol. The quantitative estimate of drug-likeness (QED) is 0.233. The fraction of sp³-hybridized carbons (Fsp3) is 0.185. The molecule has 4 rings (SSSR count). The molecule has 2 heterocycles. The highest BCUT2D eigenvalue weighted by Gasteiger charge is 2.18. The van der Waals surface area contributed by atoms with Gasteiger partial charge in [-0.05, 0) is 61.2 Å². The highest BCUT2D eigenvalue weighted by atomic mass is 32.1. The molecule has 2 aromatic carbocycles. The van der Waals surface area contributed by atoms with Crippen LogP contribution in [0.5, 0.6) is 5.75 Å². The first-order chi connectivity index (χ1) is 16.0. The predicted octanol–water partition coefficient (Wildman–Crippen LogP) is 5.83. The van der Waals surface area contributed by atoms with Crippen LogP contribution in [0, 0.1) is 13.8 Å². The third kappa shape index (κ3) is 5.59. The molecule has 0 saturated heterocycles. The Morgan fingerprint density at radius 1 is 0.939 bits per heavy atom. The van der Waals surface area contributed by atoms with Crippen molar-refractivity contribution in [3.05, 3.63) is 111 Å². The van der Waals surface area contributed by atoms with Gasteiger partial charge in [-0.2, -0.15) is 0 Å². The number of thiophene rings is 1. The number of nitrogens with zero attached hydrogens (tertiary/aromatic N) is 1. The van der Waals surface area contributed by atoms with Crippen molar-refractivity contribution in [2.24, 2.45) is 0 Å². The van der Waals surface area contributed by atoms with Crippen LogP contribution >= 0.6 is 11.3 Å². The number of Topliss-reactive ketones (excluding diaryl/α,β-unsaturated/α-hetero) is 1. The average Bonchev–Trinajstić information content (AvgIpc) is 3.46. The van der Waals surface area contributed by atoms with Gasteiger partial charge in [-0.25, -0.2) is 4.79 Å². The SMILES string of the molecule is Cc1cc(C(=O)COC(=O)c2ccc(OCc3ccccc3)cc2)c(C)n1Cc1cccs1. The van der Waals surface area contributed by atoms with E-state index in [1.807, 2.05) is 61.7 Å². The van der Waals surface area contributed by atoms with Crippen LogP contribution in [0.15, 0.2) is 78.2 Å². The van der Waals surface area contributed by atoms with E-state index in [-0.39, 0.29) is 12.4 Å². The fourth-order valence-electron chi connectivity index (χ4n) is 3.61.